The second-order valence-corrected chi connectivity index (χ2v) is 7.77. The normalized spacial score (nSPS) is 15.1. The highest BCUT2D eigenvalue weighted by Gasteiger charge is 2.23. The van der Waals surface area contributed by atoms with E-state index >= 15 is 0 Å². The summed E-state index contributed by atoms with van der Waals surface area (Å²) in [5.74, 6) is 0.0321. The van der Waals surface area contributed by atoms with Gasteiger partial charge in [0.15, 0.2) is 0 Å². The lowest BCUT2D eigenvalue weighted by Gasteiger charge is -2.35. The minimum atomic E-state index is -0.310. The smallest absolute Gasteiger partial charge is 0.319 e. The summed E-state index contributed by atoms with van der Waals surface area (Å²) in [4.78, 5) is 29.4. The number of nitrogens with zero attached hydrogens (tertiary/aromatic N) is 2. The van der Waals surface area contributed by atoms with Gasteiger partial charge in [-0.15, -0.1) is 0 Å². The third kappa shape index (κ3) is 7.70. The fourth-order valence-corrected chi connectivity index (χ4v) is 3.65. The Balaban J connectivity index is 1.53. The topological polar surface area (TPSA) is 73.9 Å². The van der Waals surface area contributed by atoms with Crippen LogP contribution in [0.5, 0.6) is 0 Å². The first kappa shape index (κ1) is 22.8. The second kappa shape index (κ2) is 12.1. The molecule has 1 aliphatic heterocycles. The molecule has 1 unspecified atom stereocenters. The maximum absolute atomic E-state index is 13.1. The van der Waals surface area contributed by atoms with E-state index in [0.717, 1.165) is 44.1 Å². The number of nitrogens with one attached hydrogen (secondary N) is 2. The van der Waals surface area contributed by atoms with Crippen LogP contribution in [0, 0.1) is 0 Å². The average molecular weight is 425 g/mol. The molecular weight excluding hydrogens is 392 g/mol. The lowest BCUT2D eigenvalue weighted by Crippen LogP contribution is -2.48. The third-order valence-corrected chi connectivity index (χ3v) is 5.33. The highest BCUT2D eigenvalue weighted by atomic mass is 16.5. The van der Waals surface area contributed by atoms with Gasteiger partial charge in [0.05, 0.1) is 13.2 Å². The van der Waals surface area contributed by atoms with Crippen LogP contribution in [0.3, 0.4) is 0 Å². The van der Waals surface area contributed by atoms with Gasteiger partial charge in [0, 0.05) is 50.9 Å². The zero-order chi connectivity index (χ0) is 21.9. The minimum absolute atomic E-state index is 0.0321. The van der Waals surface area contributed by atoms with Crippen LogP contribution < -0.4 is 10.6 Å². The lowest BCUT2D eigenvalue weighted by atomic mass is 10.1. The molecule has 0 aromatic heterocycles. The number of rotatable bonds is 9. The summed E-state index contributed by atoms with van der Waals surface area (Å²) in [6.07, 6.45) is 0.252. The van der Waals surface area contributed by atoms with Gasteiger partial charge >= 0.3 is 6.03 Å². The van der Waals surface area contributed by atoms with Crippen molar-refractivity contribution >= 4 is 17.6 Å². The summed E-state index contributed by atoms with van der Waals surface area (Å²) in [6, 6.07) is 19.0. The molecule has 31 heavy (non-hydrogen) atoms. The molecule has 1 aliphatic rings. The van der Waals surface area contributed by atoms with E-state index < -0.39 is 0 Å². The summed E-state index contributed by atoms with van der Waals surface area (Å²) in [7, 11) is 0. The van der Waals surface area contributed by atoms with Gasteiger partial charge in [0.2, 0.25) is 5.91 Å². The number of urea groups is 1. The number of ether oxygens (including phenoxy) is 1. The number of benzene rings is 2. The molecule has 7 nitrogen and oxygen atoms in total. The summed E-state index contributed by atoms with van der Waals surface area (Å²) in [6.45, 7) is 6.99. The van der Waals surface area contributed by atoms with Crippen LogP contribution in [0.4, 0.5) is 10.5 Å². The van der Waals surface area contributed by atoms with E-state index in [1.165, 1.54) is 0 Å². The monoisotopic (exact) mass is 424 g/mol. The van der Waals surface area contributed by atoms with Crippen molar-refractivity contribution in [2.24, 2.45) is 0 Å². The zero-order valence-corrected chi connectivity index (χ0v) is 18.1. The summed E-state index contributed by atoms with van der Waals surface area (Å²) >= 11 is 0. The van der Waals surface area contributed by atoms with Gasteiger partial charge in [-0.3, -0.25) is 9.69 Å². The SMILES string of the molecule is CC(CN1CCOCC1)N(Cc1ccccc1)C(=O)CCNC(=O)Nc1ccccc1. The Labute approximate surface area is 184 Å². The van der Waals surface area contributed by atoms with Crippen LogP contribution in [-0.2, 0) is 16.1 Å². The molecule has 0 radical (unpaired) electrons. The van der Waals surface area contributed by atoms with E-state index in [4.69, 9.17) is 4.74 Å². The van der Waals surface area contributed by atoms with E-state index in [2.05, 4.69) is 22.5 Å². The Bertz CT molecular complexity index is 810. The molecule has 1 saturated heterocycles. The van der Waals surface area contributed by atoms with Crippen LogP contribution in [0.15, 0.2) is 60.7 Å². The molecule has 2 N–H and O–H groups in total. The highest BCUT2D eigenvalue weighted by Crippen LogP contribution is 2.12. The maximum atomic E-state index is 13.1. The molecule has 166 valence electrons. The quantitative estimate of drug-likeness (QED) is 0.649. The Kier molecular flexibility index (Phi) is 8.87. The van der Waals surface area contributed by atoms with Gasteiger partial charge in [-0.2, -0.15) is 0 Å². The lowest BCUT2D eigenvalue weighted by molar-refractivity contribution is -0.134. The Morgan fingerprint density at radius 2 is 1.68 bits per heavy atom. The average Bonchev–Trinajstić information content (AvgIpc) is 2.79. The Morgan fingerprint density at radius 1 is 1.03 bits per heavy atom. The summed E-state index contributed by atoms with van der Waals surface area (Å²) in [5.41, 5.74) is 1.82. The molecule has 2 aromatic rings. The standard InChI is InChI=1S/C24H32N4O3/c1-20(18-27-14-16-31-17-15-27)28(19-21-8-4-2-5-9-21)23(29)12-13-25-24(30)26-22-10-6-3-7-11-22/h2-11,20H,12-19H2,1H3,(H2,25,26,30). The number of amides is 3. The molecule has 1 heterocycles. The molecular formula is C24H32N4O3. The van der Waals surface area contributed by atoms with E-state index in [9.17, 15) is 9.59 Å². The molecule has 0 bridgehead atoms. The van der Waals surface area contributed by atoms with Crippen LogP contribution in [-0.4, -0.2) is 67.2 Å². The van der Waals surface area contributed by atoms with Crippen LogP contribution in [0.1, 0.15) is 18.9 Å². The fourth-order valence-electron chi connectivity index (χ4n) is 3.65. The van der Waals surface area contributed by atoms with Gasteiger partial charge in [0.25, 0.3) is 0 Å². The van der Waals surface area contributed by atoms with Gasteiger partial charge in [0.1, 0.15) is 0 Å². The number of morpholine rings is 1. The van der Waals surface area contributed by atoms with Crippen LogP contribution >= 0.6 is 0 Å². The Morgan fingerprint density at radius 3 is 2.35 bits per heavy atom. The maximum Gasteiger partial charge on any atom is 0.319 e. The van der Waals surface area contributed by atoms with Crippen LogP contribution in [0.25, 0.3) is 0 Å². The number of para-hydroxylation sites is 1. The van der Waals surface area contributed by atoms with Crippen molar-refractivity contribution < 1.29 is 14.3 Å². The Hall–Kier alpha value is -2.90. The molecule has 0 spiro atoms. The number of carbonyl (C=O) groups is 2. The number of hydrogen-bond acceptors (Lipinski definition) is 4. The van der Waals surface area contributed by atoms with E-state index in [-0.39, 0.29) is 30.9 Å². The molecule has 2 aromatic carbocycles. The van der Waals surface area contributed by atoms with Gasteiger partial charge in [-0.1, -0.05) is 48.5 Å². The second-order valence-electron chi connectivity index (χ2n) is 7.77. The van der Waals surface area contributed by atoms with Crippen molar-refractivity contribution in [3.05, 3.63) is 66.2 Å². The van der Waals surface area contributed by atoms with Crippen molar-refractivity contribution in [3.8, 4) is 0 Å². The summed E-state index contributed by atoms with van der Waals surface area (Å²) in [5, 5.41) is 5.54. The van der Waals surface area contributed by atoms with Crippen LogP contribution in [0.2, 0.25) is 0 Å². The van der Waals surface area contributed by atoms with Crippen molar-refractivity contribution in [2.45, 2.75) is 25.9 Å². The van der Waals surface area contributed by atoms with Gasteiger partial charge in [-0.05, 0) is 24.6 Å². The predicted molar refractivity (Wildman–Crippen MR) is 122 cm³/mol. The van der Waals surface area contributed by atoms with Crippen molar-refractivity contribution in [1.29, 1.82) is 0 Å². The van der Waals surface area contributed by atoms with E-state index in [1.807, 2.05) is 65.6 Å². The number of hydrogen-bond donors (Lipinski definition) is 2. The van der Waals surface area contributed by atoms with E-state index in [0.29, 0.717) is 6.54 Å². The molecule has 1 fully saturated rings. The third-order valence-electron chi connectivity index (χ3n) is 5.33. The minimum Gasteiger partial charge on any atom is -0.379 e. The van der Waals surface area contributed by atoms with Gasteiger partial charge in [-0.25, -0.2) is 4.79 Å². The number of carbonyl (C=O) groups excluding carboxylic acids is 2. The first-order chi connectivity index (χ1) is 15.1. The fraction of sp³-hybridized carbons (Fsp3) is 0.417. The molecule has 3 rings (SSSR count). The first-order valence-electron chi connectivity index (χ1n) is 10.8. The number of anilines is 1. The molecule has 1 atom stereocenters. The predicted octanol–water partition coefficient (Wildman–Crippen LogP) is 2.95. The largest absolute Gasteiger partial charge is 0.379 e. The molecule has 0 saturated carbocycles. The molecule has 3 amide bonds. The van der Waals surface area contributed by atoms with Crippen molar-refractivity contribution in [1.82, 2.24) is 15.1 Å². The van der Waals surface area contributed by atoms with E-state index in [1.54, 1.807) is 0 Å². The zero-order valence-electron chi connectivity index (χ0n) is 18.1. The van der Waals surface area contributed by atoms with Gasteiger partial charge < -0.3 is 20.3 Å². The summed E-state index contributed by atoms with van der Waals surface area (Å²) < 4.78 is 5.43. The van der Waals surface area contributed by atoms with Crippen molar-refractivity contribution in [2.75, 3.05) is 44.7 Å². The van der Waals surface area contributed by atoms with Crippen molar-refractivity contribution in [3.63, 3.8) is 0 Å². The first-order valence-corrected chi connectivity index (χ1v) is 10.8. The molecule has 0 aliphatic carbocycles. The highest BCUT2D eigenvalue weighted by molar-refractivity contribution is 5.89. The molecule has 7 heteroatoms.